The first-order valence-corrected chi connectivity index (χ1v) is 11.5. The third-order valence-corrected chi connectivity index (χ3v) is 6.78. The fourth-order valence-electron chi connectivity index (χ4n) is 5.03. The lowest BCUT2D eigenvalue weighted by Crippen LogP contribution is -2.50. The number of fused-ring (bicyclic) bond motifs is 1. The van der Waals surface area contributed by atoms with Crippen molar-refractivity contribution in [3.63, 3.8) is 0 Å². The van der Waals surface area contributed by atoms with Crippen molar-refractivity contribution in [1.29, 1.82) is 0 Å². The lowest BCUT2D eigenvalue weighted by molar-refractivity contribution is 0.0413. The Kier molecular flexibility index (Phi) is 5.83. The number of carbonyl (C=O) groups is 1. The molecule has 0 radical (unpaired) electrons. The van der Waals surface area contributed by atoms with Gasteiger partial charge in [0.2, 0.25) is 0 Å². The molecule has 1 aromatic carbocycles. The second-order valence-corrected chi connectivity index (χ2v) is 8.78. The first-order chi connectivity index (χ1) is 15.6. The average molecular weight is 437 g/mol. The van der Waals surface area contributed by atoms with Crippen LogP contribution >= 0.6 is 0 Å². The first-order valence-electron chi connectivity index (χ1n) is 11.5. The molecule has 0 atom stereocenters. The minimum atomic E-state index is -0.298. The SMILES string of the molecule is Cc1nc2ccccn2c1C(=O)N1CCC(N2CCC(Oc3ccccc3F)CC2)CC1. The molecule has 2 fully saturated rings. The highest BCUT2D eigenvalue weighted by molar-refractivity contribution is 5.94. The molecule has 0 N–H and O–H groups in total. The first kappa shape index (κ1) is 20.9. The molecule has 0 unspecified atom stereocenters. The van der Waals surface area contributed by atoms with Crippen LogP contribution in [0.5, 0.6) is 5.75 Å². The molecular weight excluding hydrogens is 407 g/mol. The van der Waals surface area contributed by atoms with Crippen molar-refractivity contribution in [1.82, 2.24) is 19.2 Å². The van der Waals surface area contributed by atoms with Crippen molar-refractivity contribution in [3.8, 4) is 5.75 Å². The maximum Gasteiger partial charge on any atom is 0.272 e. The van der Waals surface area contributed by atoms with E-state index in [1.54, 1.807) is 18.2 Å². The summed E-state index contributed by atoms with van der Waals surface area (Å²) in [5, 5.41) is 0. The molecule has 1 amide bonds. The van der Waals surface area contributed by atoms with Crippen LogP contribution in [0.15, 0.2) is 48.7 Å². The molecule has 32 heavy (non-hydrogen) atoms. The van der Waals surface area contributed by atoms with Gasteiger partial charge in [0, 0.05) is 38.4 Å². The van der Waals surface area contributed by atoms with Gasteiger partial charge in [-0.3, -0.25) is 14.1 Å². The number of para-hydroxylation sites is 1. The maximum absolute atomic E-state index is 13.9. The number of hydrogen-bond acceptors (Lipinski definition) is 4. The minimum Gasteiger partial charge on any atom is -0.487 e. The van der Waals surface area contributed by atoms with Crippen LogP contribution in [0.4, 0.5) is 4.39 Å². The van der Waals surface area contributed by atoms with Gasteiger partial charge in [-0.15, -0.1) is 0 Å². The topological polar surface area (TPSA) is 50.1 Å². The molecule has 2 aromatic heterocycles. The second-order valence-electron chi connectivity index (χ2n) is 8.78. The van der Waals surface area contributed by atoms with Crippen LogP contribution in [0.2, 0.25) is 0 Å². The van der Waals surface area contributed by atoms with Gasteiger partial charge in [-0.25, -0.2) is 9.37 Å². The number of hydrogen-bond donors (Lipinski definition) is 0. The van der Waals surface area contributed by atoms with E-state index in [4.69, 9.17) is 4.74 Å². The fraction of sp³-hybridized carbons (Fsp3) is 0.440. The zero-order valence-electron chi connectivity index (χ0n) is 18.4. The predicted molar refractivity (Wildman–Crippen MR) is 120 cm³/mol. The molecule has 5 rings (SSSR count). The molecule has 2 aliphatic rings. The van der Waals surface area contributed by atoms with Crippen LogP contribution < -0.4 is 4.74 Å². The van der Waals surface area contributed by atoms with Crippen LogP contribution in [0.3, 0.4) is 0 Å². The number of aryl methyl sites for hydroxylation is 1. The van der Waals surface area contributed by atoms with Crippen LogP contribution in [0.25, 0.3) is 5.65 Å². The number of likely N-dealkylation sites (tertiary alicyclic amines) is 2. The number of aromatic nitrogens is 2. The maximum atomic E-state index is 13.9. The summed E-state index contributed by atoms with van der Waals surface area (Å²) in [6.45, 7) is 5.32. The van der Waals surface area contributed by atoms with Crippen molar-refractivity contribution >= 4 is 11.6 Å². The number of imidazole rings is 1. The summed E-state index contributed by atoms with van der Waals surface area (Å²) in [6, 6.07) is 12.9. The minimum absolute atomic E-state index is 0.0583. The fourth-order valence-corrected chi connectivity index (χ4v) is 5.03. The standard InChI is InChI=1S/C25H29FN4O2/c1-18-24(30-13-5-4-8-23(30)27-18)25(31)29-14-9-19(10-15-29)28-16-11-20(12-17-28)32-22-7-3-2-6-21(22)26/h2-8,13,19-20H,9-12,14-17H2,1H3. The van der Waals surface area contributed by atoms with Gasteiger partial charge in [0.25, 0.3) is 5.91 Å². The summed E-state index contributed by atoms with van der Waals surface area (Å²) in [5.41, 5.74) is 2.26. The Hall–Kier alpha value is -2.93. The lowest BCUT2D eigenvalue weighted by atomic mass is 9.98. The normalized spacial score (nSPS) is 18.9. The highest BCUT2D eigenvalue weighted by Crippen LogP contribution is 2.26. The van der Waals surface area contributed by atoms with Crippen LogP contribution in [-0.4, -0.2) is 63.4 Å². The van der Waals surface area contributed by atoms with E-state index in [-0.39, 0.29) is 17.8 Å². The van der Waals surface area contributed by atoms with Crippen molar-refractivity contribution in [2.45, 2.75) is 44.8 Å². The lowest BCUT2D eigenvalue weighted by Gasteiger charge is -2.41. The molecule has 2 saturated heterocycles. The summed E-state index contributed by atoms with van der Waals surface area (Å²) in [4.78, 5) is 22.2. The van der Waals surface area contributed by atoms with E-state index in [0.717, 1.165) is 63.2 Å². The zero-order chi connectivity index (χ0) is 22.1. The summed E-state index contributed by atoms with van der Waals surface area (Å²) < 4.78 is 21.6. The Morgan fingerprint density at radius 2 is 1.72 bits per heavy atom. The van der Waals surface area contributed by atoms with E-state index < -0.39 is 0 Å². The van der Waals surface area contributed by atoms with Gasteiger partial charge in [0.1, 0.15) is 17.4 Å². The van der Waals surface area contributed by atoms with E-state index >= 15 is 0 Å². The van der Waals surface area contributed by atoms with Crippen molar-refractivity contribution in [3.05, 3.63) is 65.9 Å². The zero-order valence-corrected chi connectivity index (χ0v) is 18.4. The Bertz CT molecular complexity index is 1100. The molecule has 168 valence electrons. The van der Waals surface area contributed by atoms with Gasteiger partial charge in [-0.1, -0.05) is 18.2 Å². The molecule has 0 bridgehead atoms. The van der Waals surface area contributed by atoms with Gasteiger partial charge in [-0.2, -0.15) is 0 Å². The molecule has 0 saturated carbocycles. The van der Waals surface area contributed by atoms with Crippen LogP contribution in [-0.2, 0) is 0 Å². The predicted octanol–water partition coefficient (Wildman–Crippen LogP) is 3.93. The number of benzene rings is 1. The van der Waals surface area contributed by atoms with Gasteiger partial charge >= 0.3 is 0 Å². The Labute approximate surface area is 187 Å². The Morgan fingerprint density at radius 3 is 2.47 bits per heavy atom. The molecular formula is C25H29FN4O2. The van der Waals surface area contributed by atoms with Crippen molar-refractivity contribution < 1.29 is 13.9 Å². The third-order valence-electron chi connectivity index (χ3n) is 6.78. The van der Waals surface area contributed by atoms with Crippen molar-refractivity contribution in [2.75, 3.05) is 26.2 Å². The molecule has 6 nitrogen and oxygen atoms in total. The van der Waals surface area contributed by atoms with E-state index in [1.165, 1.54) is 6.07 Å². The Morgan fingerprint density at radius 1 is 1.00 bits per heavy atom. The third kappa shape index (κ3) is 4.09. The average Bonchev–Trinajstić information content (AvgIpc) is 3.16. The summed E-state index contributed by atoms with van der Waals surface area (Å²) in [5.74, 6) is 0.116. The highest BCUT2D eigenvalue weighted by atomic mass is 19.1. The highest BCUT2D eigenvalue weighted by Gasteiger charge is 2.32. The number of pyridine rings is 1. The number of halogens is 1. The quantitative estimate of drug-likeness (QED) is 0.622. The van der Waals surface area contributed by atoms with Crippen molar-refractivity contribution in [2.24, 2.45) is 0 Å². The van der Waals surface area contributed by atoms with E-state index in [9.17, 15) is 9.18 Å². The summed E-state index contributed by atoms with van der Waals surface area (Å²) in [7, 11) is 0. The number of ether oxygens (including phenoxy) is 1. The molecule has 0 aliphatic carbocycles. The monoisotopic (exact) mass is 436 g/mol. The van der Waals surface area contributed by atoms with Gasteiger partial charge < -0.3 is 9.64 Å². The molecule has 2 aliphatic heterocycles. The summed E-state index contributed by atoms with van der Waals surface area (Å²) in [6.07, 6.45) is 5.70. The van der Waals surface area contributed by atoms with Crippen LogP contribution in [0.1, 0.15) is 41.9 Å². The van der Waals surface area contributed by atoms with Gasteiger partial charge in [0.05, 0.1) is 5.69 Å². The number of amides is 1. The summed E-state index contributed by atoms with van der Waals surface area (Å²) >= 11 is 0. The number of carbonyl (C=O) groups excluding carboxylic acids is 1. The Balaban J connectivity index is 1.15. The van der Waals surface area contributed by atoms with E-state index in [2.05, 4.69) is 9.88 Å². The largest absolute Gasteiger partial charge is 0.487 e. The van der Waals surface area contributed by atoms with Gasteiger partial charge in [0.15, 0.2) is 11.6 Å². The molecule has 7 heteroatoms. The van der Waals surface area contributed by atoms with E-state index in [1.807, 2.05) is 40.6 Å². The molecule has 4 heterocycles. The molecule has 0 spiro atoms. The number of piperidine rings is 2. The van der Waals surface area contributed by atoms with Crippen LogP contribution in [0, 0.1) is 12.7 Å². The number of nitrogens with zero attached hydrogens (tertiary/aromatic N) is 4. The number of rotatable bonds is 4. The smallest absolute Gasteiger partial charge is 0.272 e. The van der Waals surface area contributed by atoms with Gasteiger partial charge in [-0.05, 0) is 56.9 Å². The second kappa shape index (κ2) is 8.90. The molecule has 3 aromatic rings. The van der Waals surface area contributed by atoms with E-state index in [0.29, 0.717) is 17.5 Å².